The first-order chi connectivity index (χ1) is 7.04. The molecule has 0 fully saturated rings. The smallest absolute Gasteiger partial charge is 0.144 e. The molecule has 1 heterocycles. The summed E-state index contributed by atoms with van der Waals surface area (Å²) in [5.74, 6) is 2.40. The summed E-state index contributed by atoms with van der Waals surface area (Å²) in [6.07, 6.45) is 0.923. The normalized spacial score (nSPS) is 10.8. The van der Waals surface area contributed by atoms with Crippen molar-refractivity contribution in [2.24, 2.45) is 5.92 Å². The second kappa shape index (κ2) is 5.45. The topological polar surface area (TPSA) is 37.8 Å². The van der Waals surface area contributed by atoms with Crippen LogP contribution < -0.4 is 5.32 Å². The minimum Gasteiger partial charge on any atom is -0.369 e. The largest absolute Gasteiger partial charge is 0.369 e. The van der Waals surface area contributed by atoms with E-state index in [0.29, 0.717) is 5.92 Å². The van der Waals surface area contributed by atoms with E-state index in [1.54, 1.807) is 0 Å². The Balaban J connectivity index is 3.00. The lowest BCUT2D eigenvalue weighted by Crippen LogP contribution is -2.08. The molecule has 1 N–H and O–H groups in total. The molecule has 0 spiro atoms. The maximum absolute atomic E-state index is 4.49. The second-order valence-electron chi connectivity index (χ2n) is 4.02. The van der Waals surface area contributed by atoms with Gasteiger partial charge >= 0.3 is 0 Å². The summed E-state index contributed by atoms with van der Waals surface area (Å²) in [5.41, 5.74) is 0.997. The van der Waals surface area contributed by atoms with Crippen LogP contribution in [0.2, 0.25) is 0 Å². The van der Waals surface area contributed by atoms with Crippen LogP contribution in [0.25, 0.3) is 0 Å². The molecule has 0 aliphatic carbocycles. The fourth-order valence-corrected chi connectivity index (χ4v) is 1.68. The Morgan fingerprint density at radius 3 is 2.53 bits per heavy atom. The van der Waals surface area contributed by atoms with Gasteiger partial charge in [0.2, 0.25) is 0 Å². The third-order valence-electron chi connectivity index (χ3n) is 2.00. The van der Waals surface area contributed by atoms with Crippen LogP contribution in [0.3, 0.4) is 0 Å². The quantitative estimate of drug-likeness (QED) is 0.914. The molecule has 0 bridgehead atoms. The molecule has 0 aromatic carbocycles. The molecule has 4 heteroatoms. The Bertz CT molecular complexity index is 337. The Morgan fingerprint density at radius 1 is 1.33 bits per heavy atom. The van der Waals surface area contributed by atoms with Crippen molar-refractivity contribution in [3.8, 4) is 0 Å². The fraction of sp³-hybridized carbons (Fsp3) is 0.636. The zero-order valence-electron chi connectivity index (χ0n) is 9.76. The average Bonchev–Trinajstić information content (AvgIpc) is 2.12. The summed E-state index contributed by atoms with van der Waals surface area (Å²) in [7, 11) is 0. The van der Waals surface area contributed by atoms with Gasteiger partial charge in [-0.25, -0.2) is 9.97 Å². The fourth-order valence-electron chi connectivity index (χ4n) is 1.36. The SMILES string of the molecule is CCNc1nc(CC(C)C)nc(C)c1Br. The first-order valence-corrected chi connectivity index (χ1v) is 6.10. The van der Waals surface area contributed by atoms with Crippen LogP contribution in [-0.2, 0) is 6.42 Å². The van der Waals surface area contributed by atoms with Crippen LogP contribution in [0.1, 0.15) is 32.3 Å². The van der Waals surface area contributed by atoms with E-state index in [0.717, 1.165) is 34.8 Å². The summed E-state index contributed by atoms with van der Waals surface area (Å²) < 4.78 is 0.969. The monoisotopic (exact) mass is 271 g/mol. The molecule has 15 heavy (non-hydrogen) atoms. The molecule has 0 amide bonds. The van der Waals surface area contributed by atoms with Crippen LogP contribution in [0.5, 0.6) is 0 Å². The van der Waals surface area contributed by atoms with Crippen molar-refractivity contribution in [2.75, 3.05) is 11.9 Å². The van der Waals surface area contributed by atoms with Gasteiger partial charge in [-0.2, -0.15) is 0 Å². The lowest BCUT2D eigenvalue weighted by molar-refractivity contribution is 0.619. The van der Waals surface area contributed by atoms with E-state index in [9.17, 15) is 0 Å². The number of aromatic nitrogens is 2. The predicted octanol–water partition coefficient (Wildman–Crippen LogP) is 3.18. The summed E-state index contributed by atoms with van der Waals surface area (Å²) in [4.78, 5) is 8.95. The van der Waals surface area contributed by atoms with Gasteiger partial charge in [0, 0.05) is 13.0 Å². The zero-order chi connectivity index (χ0) is 11.4. The number of aryl methyl sites for hydroxylation is 1. The minimum absolute atomic E-state index is 0.583. The molecule has 0 atom stereocenters. The minimum atomic E-state index is 0.583. The van der Waals surface area contributed by atoms with Crippen molar-refractivity contribution in [1.29, 1.82) is 0 Å². The molecule has 3 nitrogen and oxygen atoms in total. The van der Waals surface area contributed by atoms with E-state index in [-0.39, 0.29) is 0 Å². The van der Waals surface area contributed by atoms with Gasteiger partial charge in [-0.1, -0.05) is 13.8 Å². The second-order valence-corrected chi connectivity index (χ2v) is 4.81. The van der Waals surface area contributed by atoms with E-state index in [4.69, 9.17) is 0 Å². The molecule has 0 saturated heterocycles. The number of hydrogen-bond donors (Lipinski definition) is 1. The van der Waals surface area contributed by atoms with E-state index in [1.807, 2.05) is 6.92 Å². The van der Waals surface area contributed by atoms with E-state index < -0.39 is 0 Å². The van der Waals surface area contributed by atoms with Gasteiger partial charge in [0.15, 0.2) is 0 Å². The number of hydrogen-bond acceptors (Lipinski definition) is 3. The molecule has 0 unspecified atom stereocenters. The highest BCUT2D eigenvalue weighted by Gasteiger charge is 2.09. The summed E-state index contributed by atoms with van der Waals surface area (Å²) >= 11 is 3.49. The number of rotatable bonds is 4. The van der Waals surface area contributed by atoms with Crippen LogP contribution in [0.15, 0.2) is 4.47 Å². The summed E-state index contributed by atoms with van der Waals surface area (Å²) in [6, 6.07) is 0. The molecule has 0 aliphatic heterocycles. The Kier molecular flexibility index (Phi) is 4.51. The number of halogens is 1. The highest BCUT2D eigenvalue weighted by atomic mass is 79.9. The van der Waals surface area contributed by atoms with Crippen molar-refractivity contribution >= 4 is 21.7 Å². The molecule has 0 radical (unpaired) electrons. The van der Waals surface area contributed by atoms with Crippen molar-refractivity contribution in [3.63, 3.8) is 0 Å². The molecular weight excluding hydrogens is 254 g/mol. The van der Waals surface area contributed by atoms with Crippen molar-refractivity contribution in [1.82, 2.24) is 9.97 Å². The maximum atomic E-state index is 4.49. The molecular formula is C11H18BrN3. The van der Waals surface area contributed by atoms with Gasteiger partial charge in [0.1, 0.15) is 11.6 Å². The van der Waals surface area contributed by atoms with E-state index in [2.05, 4.69) is 52.0 Å². The van der Waals surface area contributed by atoms with Crippen molar-refractivity contribution < 1.29 is 0 Å². The van der Waals surface area contributed by atoms with Crippen molar-refractivity contribution in [2.45, 2.75) is 34.1 Å². The highest BCUT2D eigenvalue weighted by Crippen LogP contribution is 2.23. The third kappa shape index (κ3) is 3.45. The average molecular weight is 272 g/mol. The standard InChI is InChI=1S/C11H18BrN3/c1-5-13-11-10(12)8(4)14-9(15-11)6-7(2)3/h7H,5-6H2,1-4H3,(H,13,14,15). The van der Waals surface area contributed by atoms with Gasteiger partial charge in [-0.3, -0.25) is 0 Å². The molecule has 84 valence electrons. The Hall–Kier alpha value is -0.640. The predicted molar refractivity (Wildman–Crippen MR) is 67.2 cm³/mol. The van der Waals surface area contributed by atoms with Gasteiger partial charge in [-0.05, 0) is 35.7 Å². The van der Waals surface area contributed by atoms with Gasteiger partial charge in [0.25, 0.3) is 0 Å². The van der Waals surface area contributed by atoms with Crippen LogP contribution >= 0.6 is 15.9 Å². The van der Waals surface area contributed by atoms with Crippen molar-refractivity contribution in [3.05, 3.63) is 16.0 Å². The lowest BCUT2D eigenvalue weighted by atomic mass is 10.1. The molecule has 1 aromatic heterocycles. The third-order valence-corrected chi connectivity index (χ3v) is 2.95. The zero-order valence-corrected chi connectivity index (χ0v) is 11.3. The maximum Gasteiger partial charge on any atom is 0.144 e. The highest BCUT2D eigenvalue weighted by molar-refractivity contribution is 9.10. The lowest BCUT2D eigenvalue weighted by Gasteiger charge is -2.10. The van der Waals surface area contributed by atoms with E-state index in [1.165, 1.54) is 0 Å². The van der Waals surface area contributed by atoms with Crippen LogP contribution in [0, 0.1) is 12.8 Å². The Morgan fingerprint density at radius 2 is 2.00 bits per heavy atom. The van der Waals surface area contributed by atoms with Gasteiger partial charge in [0.05, 0.1) is 10.2 Å². The number of nitrogens with zero attached hydrogens (tertiary/aromatic N) is 2. The molecule has 0 aliphatic rings. The van der Waals surface area contributed by atoms with Gasteiger partial charge in [-0.15, -0.1) is 0 Å². The number of nitrogens with one attached hydrogen (secondary N) is 1. The number of anilines is 1. The Labute approximate surface area is 99.8 Å². The molecule has 1 rings (SSSR count). The van der Waals surface area contributed by atoms with Crippen LogP contribution in [0.4, 0.5) is 5.82 Å². The van der Waals surface area contributed by atoms with E-state index >= 15 is 0 Å². The first-order valence-electron chi connectivity index (χ1n) is 5.31. The summed E-state index contributed by atoms with van der Waals surface area (Å²) in [5, 5.41) is 3.23. The van der Waals surface area contributed by atoms with Gasteiger partial charge < -0.3 is 5.32 Å². The molecule has 1 aromatic rings. The van der Waals surface area contributed by atoms with Crippen LogP contribution in [-0.4, -0.2) is 16.5 Å². The first kappa shape index (κ1) is 12.4. The molecule has 0 saturated carbocycles. The summed E-state index contributed by atoms with van der Waals surface area (Å²) in [6.45, 7) is 9.28.